The molecule has 5 nitrogen and oxygen atoms in total. The number of ether oxygens (including phenoxy) is 2. The van der Waals surface area contributed by atoms with Gasteiger partial charge in [0.05, 0.1) is 6.61 Å². The molecule has 1 unspecified atom stereocenters. The van der Waals surface area contributed by atoms with E-state index in [4.69, 9.17) is 26.6 Å². The second kappa shape index (κ2) is 6.19. The van der Waals surface area contributed by atoms with Crippen molar-refractivity contribution in [3.63, 3.8) is 0 Å². The van der Waals surface area contributed by atoms with Crippen LogP contribution in [0.5, 0.6) is 5.75 Å². The van der Waals surface area contributed by atoms with Crippen LogP contribution in [0.4, 0.5) is 4.79 Å². The Balaban J connectivity index is 2.43. The second-order valence-corrected chi connectivity index (χ2v) is 3.39. The van der Waals surface area contributed by atoms with Gasteiger partial charge in [-0.05, 0) is 24.3 Å². The van der Waals surface area contributed by atoms with Crippen LogP contribution in [-0.2, 0) is 4.74 Å². The van der Waals surface area contributed by atoms with Gasteiger partial charge in [-0.25, -0.2) is 4.79 Å². The maximum atomic E-state index is 10.2. The summed E-state index contributed by atoms with van der Waals surface area (Å²) in [5.74, 6) is 0.525. The molecule has 0 saturated carbocycles. The predicted octanol–water partition coefficient (Wildman–Crippen LogP) is 1.77. The normalized spacial score (nSPS) is 11.9. The third-order valence-electron chi connectivity index (χ3n) is 1.72. The van der Waals surface area contributed by atoms with E-state index >= 15 is 0 Å². The molecule has 0 aliphatic carbocycles. The van der Waals surface area contributed by atoms with Crippen molar-refractivity contribution in [3.05, 3.63) is 29.3 Å². The largest absolute Gasteiger partial charge is 0.506 e. The molecule has 0 aromatic heterocycles. The molecule has 0 radical (unpaired) electrons. The van der Waals surface area contributed by atoms with Gasteiger partial charge >= 0.3 is 6.16 Å². The summed E-state index contributed by atoms with van der Waals surface area (Å²) in [6, 6.07) is 6.56. The standard InChI is InChI=1S/C10H11ClO5/c11-7-1-3-8(4-2-7)15-6-9(5-12)16-10(13)14/h1-4,9,12H,5-6H2,(H,13,14). The molecule has 0 saturated heterocycles. The topological polar surface area (TPSA) is 76.0 Å². The summed E-state index contributed by atoms with van der Waals surface area (Å²) < 4.78 is 9.57. The summed E-state index contributed by atoms with van der Waals surface area (Å²) >= 11 is 5.67. The summed E-state index contributed by atoms with van der Waals surface area (Å²) in [6.45, 7) is -0.482. The van der Waals surface area contributed by atoms with E-state index in [9.17, 15) is 4.79 Å². The zero-order chi connectivity index (χ0) is 12.0. The number of rotatable bonds is 5. The maximum absolute atomic E-state index is 10.2. The van der Waals surface area contributed by atoms with Crippen molar-refractivity contribution in [1.29, 1.82) is 0 Å². The van der Waals surface area contributed by atoms with Crippen molar-refractivity contribution in [1.82, 2.24) is 0 Å². The second-order valence-electron chi connectivity index (χ2n) is 2.95. The molecule has 1 aromatic rings. The average molecular weight is 247 g/mol. The van der Waals surface area contributed by atoms with Crippen molar-refractivity contribution in [2.24, 2.45) is 0 Å². The molecule has 1 atom stereocenters. The smallest absolute Gasteiger partial charge is 0.490 e. The van der Waals surface area contributed by atoms with E-state index < -0.39 is 18.9 Å². The van der Waals surface area contributed by atoms with Gasteiger partial charge in [0.1, 0.15) is 12.4 Å². The Bertz CT molecular complexity index is 338. The molecule has 2 N–H and O–H groups in total. The molecule has 1 aromatic carbocycles. The number of aliphatic hydroxyl groups is 1. The average Bonchev–Trinajstić information content (AvgIpc) is 2.26. The number of carboxylic acid groups (broad SMARTS) is 1. The maximum Gasteiger partial charge on any atom is 0.506 e. The monoisotopic (exact) mass is 246 g/mol. The first-order chi connectivity index (χ1) is 7.61. The lowest BCUT2D eigenvalue weighted by Crippen LogP contribution is -2.27. The number of benzene rings is 1. The minimum absolute atomic E-state index is 0.0512. The molecule has 16 heavy (non-hydrogen) atoms. The van der Waals surface area contributed by atoms with E-state index in [0.29, 0.717) is 10.8 Å². The van der Waals surface area contributed by atoms with Crippen LogP contribution >= 0.6 is 11.6 Å². The van der Waals surface area contributed by atoms with E-state index in [1.807, 2.05) is 0 Å². The highest BCUT2D eigenvalue weighted by atomic mass is 35.5. The van der Waals surface area contributed by atoms with Gasteiger partial charge in [0.15, 0.2) is 6.10 Å². The van der Waals surface area contributed by atoms with Gasteiger partial charge in [-0.15, -0.1) is 0 Å². The Labute approximate surface area is 97.2 Å². The van der Waals surface area contributed by atoms with Crippen molar-refractivity contribution >= 4 is 17.8 Å². The van der Waals surface area contributed by atoms with Gasteiger partial charge in [0, 0.05) is 5.02 Å². The first kappa shape index (κ1) is 12.6. The third-order valence-corrected chi connectivity index (χ3v) is 1.97. The van der Waals surface area contributed by atoms with Crippen LogP contribution in [0.1, 0.15) is 0 Å². The lowest BCUT2D eigenvalue weighted by atomic mass is 10.3. The predicted molar refractivity (Wildman–Crippen MR) is 56.9 cm³/mol. The molecular formula is C10H11ClO5. The summed E-state index contributed by atoms with van der Waals surface area (Å²) in [7, 11) is 0. The highest BCUT2D eigenvalue weighted by Gasteiger charge is 2.13. The lowest BCUT2D eigenvalue weighted by Gasteiger charge is -2.14. The quantitative estimate of drug-likeness (QED) is 0.775. The summed E-state index contributed by atoms with van der Waals surface area (Å²) in [5.41, 5.74) is 0. The molecule has 88 valence electrons. The molecule has 6 heteroatoms. The zero-order valence-corrected chi connectivity index (χ0v) is 9.05. The lowest BCUT2D eigenvalue weighted by molar-refractivity contribution is 0.00243. The van der Waals surface area contributed by atoms with Crippen LogP contribution in [0.2, 0.25) is 5.02 Å². The fourth-order valence-electron chi connectivity index (χ4n) is 0.987. The SMILES string of the molecule is O=C(O)OC(CO)COc1ccc(Cl)cc1. The highest BCUT2D eigenvalue weighted by Crippen LogP contribution is 2.15. The van der Waals surface area contributed by atoms with Crippen molar-refractivity contribution < 1.29 is 24.5 Å². The fourth-order valence-corrected chi connectivity index (χ4v) is 1.11. The fraction of sp³-hybridized carbons (Fsp3) is 0.300. The first-order valence-corrected chi connectivity index (χ1v) is 4.88. The van der Waals surface area contributed by atoms with Crippen molar-refractivity contribution in [2.75, 3.05) is 13.2 Å². The molecule has 0 amide bonds. The number of hydrogen-bond acceptors (Lipinski definition) is 4. The number of hydrogen-bond donors (Lipinski definition) is 2. The Kier molecular flexibility index (Phi) is 4.88. The molecule has 0 bridgehead atoms. The van der Waals surface area contributed by atoms with Gasteiger partial charge < -0.3 is 19.7 Å². The number of carbonyl (C=O) groups is 1. The van der Waals surface area contributed by atoms with Gasteiger partial charge in [0.2, 0.25) is 0 Å². The third kappa shape index (κ3) is 4.37. The van der Waals surface area contributed by atoms with Crippen LogP contribution in [0, 0.1) is 0 Å². The van der Waals surface area contributed by atoms with Crippen molar-refractivity contribution in [3.8, 4) is 5.75 Å². The van der Waals surface area contributed by atoms with Crippen LogP contribution in [0.3, 0.4) is 0 Å². The first-order valence-electron chi connectivity index (χ1n) is 4.50. The Morgan fingerprint density at radius 3 is 2.50 bits per heavy atom. The molecule has 0 aliphatic rings. The Hall–Kier alpha value is -1.46. The molecule has 0 fully saturated rings. The van der Waals surface area contributed by atoms with Gasteiger partial charge in [-0.1, -0.05) is 11.6 Å². The number of aliphatic hydroxyl groups excluding tert-OH is 1. The van der Waals surface area contributed by atoms with E-state index in [1.54, 1.807) is 24.3 Å². The summed E-state index contributed by atoms with van der Waals surface area (Å²) in [5, 5.41) is 17.7. The van der Waals surface area contributed by atoms with E-state index in [-0.39, 0.29) is 6.61 Å². The van der Waals surface area contributed by atoms with E-state index in [2.05, 4.69) is 4.74 Å². The summed E-state index contributed by atoms with van der Waals surface area (Å²) in [4.78, 5) is 10.2. The van der Waals surface area contributed by atoms with Crippen LogP contribution < -0.4 is 4.74 Å². The van der Waals surface area contributed by atoms with Gasteiger partial charge in [0.25, 0.3) is 0 Å². The Morgan fingerprint density at radius 2 is 2.00 bits per heavy atom. The molecule has 1 rings (SSSR count). The zero-order valence-electron chi connectivity index (χ0n) is 8.30. The van der Waals surface area contributed by atoms with Crippen molar-refractivity contribution in [2.45, 2.75) is 6.10 Å². The van der Waals surface area contributed by atoms with Gasteiger partial charge in [-0.3, -0.25) is 0 Å². The van der Waals surface area contributed by atoms with Gasteiger partial charge in [-0.2, -0.15) is 0 Å². The minimum atomic E-state index is -1.45. The molecular weight excluding hydrogens is 236 g/mol. The van der Waals surface area contributed by atoms with Crippen LogP contribution in [0.25, 0.3) is 0 Å². The Morgan fingerprint density at radius 1 is 1.38 bits per heavy atom. The highest BCUT2D eigenvalue weighted by molar-refractivity contribution is 6.30. The molecule has 0 heterocycles. The molecule has 0 spiro atoms. The summed E-state index contributed by atoms with van der Waals surface area (Å²) in [6.07, 6.45) is -2.34. The van der Waals surface area contributed by atoms with E-state index in [1.165, 1.54) is 0 Å². The van der Waals surface area contributed by atoms with E-state index in [0.717, 1.165) is 0 Å². The number of halogens is 1. The van der Waals surface area contributed by atoms with Crippen LogP contribution in [0.15, 0.2) is 24.3 Å². The molecule has 0 aliphatic heterocycles. The minimum Gasteiger partial charge on any atom is -0.490 e. The van der Waals surface area contributed by atoms with Crippen LogP contribution in [-0.4, -0.2) is 35.7 Å².